The van der Waals surface area contributed by atoms with E-state index in [1.54, 1.807) is 0 Å². The van der Waals surface area contributed by atoms with Crippen LogP contribution in [0, 0.1) is 22.2 Å². The van der Waals surface area contributed by atoms with Crippen LogP contribution in [0.25, 0.3) is 0 Å². The Hall–Kier alpha value is -0.120. The fourth-order valence-electron chi connectivity index (χ4n) is 6.61. The molecule has 0 aromatic rings. The lowest BCUT2D eigenvalue weighted by atomic mass is 9.38. The fraction of sp³-hybridized carbons (Fsp3) is 1.00. The van der Waals surface area contributed by atoms with Crippen molar-refractivity contribution in [3.63, 3.8) is 0 Å². The third-order valence-electron chi connectivity index (χ3n) is 6.34. The third kappa shape index (κ3) is 2.24. The van der Waals surface area contributed by atoms with Gasteiger partial charge in [-0.15, -0.1) is 0 Å². The van der Waals surface area contributed by atoms with Gasteiger partial charge in [0.1, 0.15) is 0 Å². The maximum Gasteiger partial charge on any atom is 0.0436 e. The van der Waals surface area contributed by atoms with Gasteiger partial charge in [0.2, 0.25) is 0 Å². The van der Waals surface area contributed by atoms with Gasteiger partial charge < -0.3 is 15.3 Å². The number of hydrogen-bond acceptors (Lipinski definition) is 3. The minimum absolute atomic E-state index is 0.289. The highest BCUT2D eigenvalue weighted by Crippen LogP contribution is 2.72. The van der Waals surface area contributed by atoms with Crippen molar-refractivity contribution in [2.24, 2.45) is 22.2 Å². The Morgan fingerprint density at radius 1 is 0.632 bits per heavy atom. The van der Waals surface area contributed by atoms with Crippen molar-refractivity contribution < 1.29 is 15.3 Å². The van der Waals surface area contributed by atoms with Crippen LogP contribution >= 0.6 is 0 Å². The van der Waals surface area contributed by atoms with E-state index in [4.69, 9.17) is 0 Å². The van der Waals surface area contributed by atoms with Crippen molar-refractivity contribution in [1.29, 1.82) is 0 Å². The minimum Gasteiger partial charge on any atom is -0.396 e. The van der Waals surface area contributed by atoms with Crippen LogP contribution in [0.5, 0.6) is 0 Å². The molecule has 0 aliphatic heterocycles. The van der Waals surface area contributed by atoms with E-state index >= 15 is 0 Å². The zero-order valence-electron chi connectivity index (χ0n) is 11.9. The summed E-state index contributed by atoms with van der Waals surface area (Å²) in [5.74, 6) is 0.765. The van der Waals surface area contributed by atoms with E-state index < -0.39 is 0 Å². The molecule has 0 saturated heterocycles. The van der Waals surface area contributed by atoms with Crippen LogP contribution in [-0.4, -0.2) is 35.1 Å². The number of aliphatic hydroxyl groups excluding tert-OH is 3. The van der Waals surface area contributed by atoms with Gasteiger partial charge in [0.25, 0.3) is 0 Å². The van der Waals surface area contributed by atoms with Gasteiger partial charge in [-0.05, 0) is 80.0 Å². The second kappa shape index (κ2) is 4.71. The Bertz CT molecular complexity index is 281. The molecule has 0 atom stereocenters. The third-order valence-corrected chi connectivity index (χ3v) is 6.34. The van der Waals surface area contributed by atoms with Crippen LogP contribution in [0.4, 0.5) is 0 Å². The molecule has 0 spiro atoms. The van der Waals surface area contributed by atoms with Gasteiger partial charge in [0.05, 0.1) is 0 Å². The quantitative estimate of drug-likeness (QED) is 0.691. The summed E-state index contributed by atoms with van der Waals surface area (Å²) in [4.78, 5) is 0. The summed E-state index contributed by atoms with van der Waals surface area (Å²) in [6.45, 7) is 0.866. The maximum atomic E-state index is 9.46. The molecule has 0 unspecified atom stereocenters. The monoisotopic (exact) mass is 268 g/mol. The average molecular weight is 268 g/mol. The molecule has 0 amide bonds. The summed E-state index contributed by atoms with van der Waals surface area (Å²) in [5.41, 5.74) is 0.912. The summed E-state index contributed by atoms with van der Waals surface area (Å²) in [6, 6.07) is 0. The normalized spacial score (nSPS) is 47.8. The molecule has 4 fully saturated rings. The Morgan fingerprint density at radius 3 is 1.21 bits per heavy atom. The van der Waals surface area contributed by atoms with Crippen molar-refractivity contribution in [1.82, 2.24) is 0 Å². The second-order valence-electron chi connectivity index (χ2n) is 7.93. The number of aliphatic hydroxyl groups is 3. The van der Waals surface area contributed by atoms with E-state index in [0.29, 0.717) is 16.2 Å². The zero-order valence-corrected chi connectivity index (χ0v) is 11.9. The Balaban J connectivity index is 1.91. The largest absolute Gasteiger partial charge is 0.396 e. The van der Waals surface area contributed by atoms with Crippen LogP contribution in [0.2, 0.25) is 0 Å². The molecule has 3 nitrogen and oxygen atoms in total. The van der Waals surface area contributed by atoms with Crippen LogP contribution < -0.4 is 0 Å². The molecule has 4 bridgehead atoms. The van der Waals surface area contributed by atoms with Crippen molar-refractivity contribution in [3.8, 4) is 0 Å². The highest BCUT2D eigenvalue weighted by molar-refractivity contribution is 5.12. The topological polar surface area (TPSA) is 60.7 Å². The lowest BCUT2D eigenvalue weighted by molar-refractivity contribution is -0.174. The predicted octanol–water partition coefficient (Wildman–Crippen LogP) is 2.09. The van der Waals surface area contributed by atoms with E-state index in [1.165, 1.54) is 38.5 Å². The number of rotatable bonds is 6. The van der Waals surface area contributed by atoms with E-state index in [9.17, 15) is 15.3 Å². The van der Waals surface area contributed by atoms with Crippen molar-refractivity contribution in [2.75, 3.05) is 19.8 Å². The molecule has 0 radical (unpaired) electrons. The molecule has 0 aromatic carbocycles. The molecule has 4 aliphatic rings. The van der Waals surface area contributed by atoms with Gasteiger partial charge in [0, 0.05) is 19.8 Å². The van der Waals surface area contributed by atoms with Crippen molar-refractivity contribution in [2.45, 2.75) is 57.8 Å². The highest BCUT2D eigenvalue weighted by Gasteiger charge is 2.62. The summed E-state index contributed by atoms with van der Waals surface area (Å²) < 4.78 is 0. The van der Waals surface area contributed by atoms with Crippen LogP contribution in [-0.2, 0) is 0 Å². The van der Waals surface area contributed by atoms with Crippen molar-refractivity contribution >= 4 is 0 Å². The first-order chi connectivity index (χ1) is 9.09. The Labute approximate surface area is 116 Å². The molecule has 3 N–H and O–H groups in total. The van der Waals surface area contributed by atoms with Gasteiger partial charge >= 0.3 is 0 Å². The predicted molar refractivity (Wildman–Crippen MR) is 73.6 cm³/mol. The lowest BCUT2D eigenvalue weighted by Gasteiger charge is -2.67. The standard InChI is InChI=1S/C16H28O3/c17-4-1-14-7-13-8-15(10-14,2-5-18)12-16(9-13,11-14)3-6-19/h13,17-19H,1-12H2. The van der Waals surface area contributed by atoms with E-state index in [1.807, 2.05) is 0 Å². The second-order valence-corrected chi connectivity index (χ2v) is 7.93. The molecule has 19 heavy (non-hydrogen) atoms. The SMILES string of the molecule is OCCC12CC3CC(CCO)(C1)CC(CCO)(C3)C2. The van der Waals surface area contributed by atoms with Gasteiger partial charge in [-0.2, -0.15) is 0 Å². The summed E-state index contributed by atoms with van der Waals surface area (Å²) in [7, 11) is 0. The lowest BCUT2D eigenvalue weighted by Crippen LogP contribution is -2.57. The van der Waals surface area contributed by atoms with Crippen LogP contribution in [0.1, 0.15) is 57.8 Å². The number of hydrogen-bond donors (Lipinski definition) is 3. The molecule has 110 valence electrons. The molecule has 3 heteroatoms. The first-order valence-corrected chi connectivity index (χ1v) is 7.92. The maximum absolute atomic E-state index is 9.46. The van der Waals surface area contributed by atoms with Crippen molar-refractivity contribution in [3.05, 3.63) is 0 Å². The van der Waals surface area contributed by atoms with E-state index in [-0.39, 0.29) is 19.8 Å². The average Bonchev–Trinajstić information content (AvgIpc) is 2.26. The Morgan fingerprint density at radius 2 is 0.947 bits per heavy atom. The van der Waals surface area contributed by atoms with Gasteiger partial charge in [0.15, 0.2) is 0 Å². The molecular formula is C16H28O3. The molecular weight excluding hydrogens is 240 g/mol. The Kier molecular flexibility index (Phi) is 3.43. The minimum atomic E-state index is 0.289. The van der Waals surface area contributed by atoms with Crippen LogP contribution in [0.15, 0.2) is 0 Å². The highest BCUT2D eigenvalue weighted by atomic mass is 16.3. The van der Waals surface area contributed by atoms with E-state index in [2.05, 4.69) is 0 Å². The van der Waals surface area contributed by atoms with Gasteiger partial charge in [-0.1, -0.05) is 0 Å². The fourth-order valence-corrected chi connectivity index (χ4v) is 6.61. The summed E-state index contributed by atoms with van der Waals surface area (Å²) >= 11 is 0. The summed E-state index contributed by atoms with van der Waals surface area (Å²) in [5, 5.41) is 28.4. The van der Waals surface area contributed by atoms with Gasteiger partial charge in [-0.25, -0.2) is 0 Å². The first kappa shape index (κ1) is 13.8. The molecule has 4 rings (SSSR count). The van der Waals surface area contributed by atoms with Crippen LogP contribution in [0.3, 0.4) is 0 Å². The molecule has 0 aromatic heterocycles. The zero-order chi connectivity index (χ0) is 13.6. The molecule has 4 aliphatic carbocycles. The molecule has 4 saturated carbocycles. The molecule has 0 heterocycles. The van der Waals surface area contributed by atoms with E-state index in [0.717, 1.165) is 25.2 Å². The summed E-state index contributed by atoms with van der Waals surface area (Å²) in [6.07, 6.45) is 10.2. The first-order valence-electron chi connectivity index (χ1n) is 7.92. The van der Waals surface area contributed by atoms with Gasteiger partial charge in [-0.3, -0.25) is 0 Å². The smallest absolute Gasteiger partial charge is 0.0436 e.